The Morgan fingerprint density at radius 2 is 1.92 bits per heavy atom. The van der Waals surface area contributed by atoms with Crippen molar-refractivity contribution >= 4 is 35.0 Å². The molecule has 1 atom stereocenters. The van der Waals surface area contributed by atoms with Crippen molar-refractivity contribution in [3.63, 3.8) is 0 Å². The number of rotatable bonds is 8. The molecule has 1 fully saturated rings. The lowest BCUT2D eigenvalue weighted by molar-refractivity contribution is -0.136. The van der Waals surface area contributed by atoms with E-state index in [9.17, 15) is 9.59 Å². The standard InChI is InChI=1S/C19H26Cl2N2O2/c1-3-8-22(9-4-2)19(25)15-11-18(24)23(13-15)10-7-14-5-6-16(20)12-17(14)21/h5-6,12,15H,3-4,7-11,13H2,1-2H3. The van der Waals surface area contributed by atoms with Gasteiger partial charge >= 0.3 is 0 Å². The first-order valence-electron chi connectivity index (χ1n) is 8.96. The summed E-state index contributed by atoms with van der Waals surface area (Å²) in [4.78, 5) is 28.7. The van der Waals surface area contributed by atoms with Gasteiger partial charge in [-0.2, -0.15) is 0 Å². The van der Waals surface area contributed by atoms with Crippen molar-refractivity contribution < 1.29 is 9.59 Å². The topological polar surface area (TPSA) is 40.6 Å². The summed E-state index contributed by atoms with van der Waals surface area (Å²) in [6.45, 7) is 6.74. The van der Waals surface area contributed by atoms with Crippen LogP contribution in [0.15, 0.2) is 18.2 Å². The van der Waals surface area contributed by atoms with Crippen molar-refractivity contribution in [2.75, 3.05) is 26.2 Å². The normalized spacial score (nSPS) is 17.2. The summed E-state index contributed by atoms with van der Waals surface area (Å²) in [6.07, 6.45) is 2.85. The van der Waals surface area contributed by atoms with E-state index in [2.05, 4.69) is 13.8 Å². The SMILES string of the molecule is CCCN(CCC)C(=O)C1CC(=O)N(CCc2ccc(Cl)cc2Cl)C1. The number of halogens is 2. The number of amides is 2. The fraction of sp³-hybridized carbons (Fsp3) is 0.579. The maximum atomic E-state index is 12.7. The molecule has 0 bridgehead atoms. The van der Waals surface area contributed by atoms with Crippen molar-refractivity contribution in [1.82, 2.24) is 9.80 Å². The third-order valence-electron chi connectivity index (χ3n) is 4.53. The molecule has 0 aromatic heterocycles. The Labute approximate surface area is 160 Å². The molecule has 4 nitrogen and oxygen atoms in total. The molecule has 1 aliphatic heterocycles. The number of carbonyl (C=O) groups excluding carboxylic acids is 2. The van der Waals surface area contributed by atoms with Crippen molar-refractivity contribution in [2.45, 2.75) is 39.5 Å². The highest BCUT2D eigenvalue weighted by molar-refractivity contribution is 6.35. The summed E-state index contributed by atoms with van der Waals surface area (Å²) >= 11 is 12.1. The van der Waals surface area contributed by atoms with E-state index in [1.54, 1.807) is 17.0 Å². The zero-order valence-electron chi connectivity index (χ0n) is 14.9. The van der Waals surface area contributed by atoms with Gasteiger partial charge in [-0.1, -0.05) is 43.1 Å². The third-order valence-corrected chi connectivity index (χ3v) is 5.12. The number of hydrogen-bond acceptors (Lipinski definition) is 2. The van der Waals surface area contributed by atoms with Crippen LogP contribution >= 0.6 is 23.2 Å². The van der Waals surface area contributed by atoms with Crippen LogP contribution in [0, 0.1) is 5.92 Å². The first-order valence-corrected chi connectivity index (χ1v) is 9.72. The average Bonchev–Trinajstić information content (AvgIpc) is 2.94. The van der Waals surface area contributed by atoms with Gasteiger partial charge in [0, 0.05) is 42.6 Å². The second kappa shape index (κ2) is 9.44. The highest BCUT2D eigenvalue weighted by Gasteiger charge is 2.35. The first kappa shape index (κ1) is 20.1. The van der Waals surface area contributed by atoms with Gasteiger partial charge in [-0.25, -0.2) is 0 Å². The molecular formula is C19H26Cl2N2O2. The van der Waals surface area contributed by atoms with Gasteiger partial charge in [-0.3, -0.25) is 9.59 Å². The molecule has 1 aliphatic rings. The highest BCUT2D eigenvalue weighted by atomic mass is 35.5. The predicted octanol–water partition coefficient (Wildman–Crippen LogP) is 4.03. The minimum atomic E-state index is -0.216. The molecule has 25 heavy (non-hydrogen) atoms. The van der Waals surface area contributed by atoms with Crippen LogP contribution in [0.3, 0.4) is 0 Å². The molecule has 1 aromatic rings. The van der Waals surface area contributed by atoms with Crippen LogP contribution in [0.25, 0.3) is 0 Å². The molecule has 0 saturated carbocycles. The van der Waals surface area contributed by atoms with Gasteiger partial charge in [-0.05, 0) is 37.0 Å². The zero-order valence-corrected chi connectivity index (χ0v) is 16.4. The lowest BCUT2D eigenvalue weighted by Gasteiger charge is -2.24. The monoisotopic (exact) mass is 384 g/mol. The van der Waals surface area contributed by atoms with Crippen LogP contribution in [0.1, 0.15) is 38.7 Å². The Hall–Kier alpha value is -1.26. The molecule has 0 radical (unpaired) electrons. The Kier molecular flexibility index (Phi) is 7.57. The van der Waals surface area contributed by atoms with Gasteiger partial charge in [0.1, 0.15) is 0 Å². The molecule has 1 saturated heterocycles. The van der Waals surface area contributed by atoms with Gasteiger partial charge in [0.2, 0.25) is 11.8 Å². The molecule has 6 heteroatoms. The van der Waals surface area contributed by atoms with Gasteiger partial charge < -0.3 is 9.80 Å². The van der Waals surface area contributed by atoms with Crippen LogP contribution in [0.4, 0.5) is 0 Å². The lowest BCUT2D eigenvalue weighted by Crippen LogP contribution is -2.38. The summed E-state index contributed by atoms with van der Waals surface area (Å²) in [7, 11) is 0. The molecular weight excluding hydrogens is 359 g/mol. The lowest BCUT2D eigenvalue weighted by atomic mass is 10.1. The molecule has 2 amide bonds. The quantitative estimate of drug-likeness (QED) is 0.678. The second-order valence-corrected chi connectivity index (χ2v) is 7.40. The number of hydrogen-bond donors (Lipinski definition) is 0. The Morgan fingerprint density at radius 1 is 1.24 bits per heavy atom. The second-order valence-electron chi connectivity index (χ2n) is 6.55. The summed E-state index contributed by atoms with van der Waals surface area (Å²) in [5.74, 6) is -0.0493. The Morgan fingerprint density at radius 3 is 2.52 bits per heavy atom. The number of likely N-dealkylation sites (tertiary alicyclic amines) is 1. The first-order chi connectivity index (χ1) is 12.0. The highest BCUT2D eigenvalue weighted by Crippen LogP contribution is 2.24. The molecule has 2 rings (SSSR count). The average molecular weight is 385 g/mol. The van der Waals surface area contributed by atoms with Crippen molar-refractivity contribution in [3.8, 4) is 0 Å². The molecule has 138 valence electrons. The summed E-state index contributed by atoms with van der Waals surface area (Å²) in [6, 6.07) is 5.40. The van der Waals surface area contributed by atoms with Gasteiger partial charge in [-0.15, -0.1) is 0 Å². The van der Waals surface area contributed by atoms with Crippen molar-refractivity contribution in [1.29, 1.82) is 0 Å². The van der Waals surface area contributed by atoms with Crippen LogP contribution in [0.5, 0.6) is 0 Å². The third kappa shape index (κ3) is 5.35. The van der Waals surface area contributed by atoms with Crippen molar-refractivity contribution in [3.05, 3.63) is 33.8 Å². The summed E-state index contributed by atoms with van der Waals surface area (Å²) < 4.78 is 0. The maximum absolute atomic E-state index is 12.7. The largest absolute Gasteiger partial charge is 0.342 e. The van der Waals surface area contributed by atoms with Crippen LogP contribution in [-0.4, -0.2) is 47.8 Å². The molecule has 0 aliphatic carbocycles. The van der Waals surface area contributed by atoms with Crippen molar-refractivity contribution in [2.24, 2.45) is 5.92 Å². The predicted molar refractivity (Wildman–Crippen MR) is 102 cm³/mol. The molecule has 1 heterocycles. The van der Waals surface area contributed by atoms with E-state index in [1.807, 2.05) is 11.0 Å². The van der Waals surface area contributed by atoms with E-state index < -0.39 is 0 Å². The number of benzene rings is 1. The van der Waals surface area contributed by atoms with E-state index in [0.29, 0.717) is 36.0 Å². The smallest absolute Gasteiger partial charge is 0.227 e. The Balaban J connectivity index is 1.94. The van der Waals surface area contributed by atoms with Gasteiger partial charge in [0.25, 0.3) is 0 Å². The van der Waals surface area contributed by atoms with Gasteiger partial charge in [0.15, 0.2) is 0 Å². The molecule has 0 N–H and O–H groups in total. The van der Waals surface area contributed by atoms with Crippen LogP contribution < -0.4 is 0 Å². The fourth-order valence-corrected chi connectivity index (χ4v) is 3.77. The number of carbonyl (C=O) groups is 2. The maximum Gasteiger partial charge on any atom is 0.227 e. The molecule has 1 aromatic carbocycles. The zero-order chi connectivity index (χ0) is 18.4. The number of nitrogens with zero attached hydrogens (tertiary/aromatic N) is 2. The van der Waals surface area contributed by atoms with E-state index >= 15 is 0 Å². The van der Waals surface area contributed by atoms with E-state index in [4.69, 9.17) is 23.2 Å². The minimum absolute atomic E-state index is 0.0522. The van der Waals surface area contributed by atoms with Crippen LogP contribution in [-0.2, 0) is 16.0 Å². The fourth-order valence-electron chi connectivity index (χ4n) is 3.26. The Bertz CT molecular complexity index is 615. The molecule has 1 unspecified atom stereocenters. The summed E-state index contributed by atoms with van der Waals surface area (Å²) in [5, 5.41) is 1.22. The minimum Gasteiger partial charge on any atom is -0.342 e. The van der Waals surface area contributed by atoms with E-state index in [-0.39, 0.29) is 17.7 Å². The van der Waals surface area contributed by atoms with Crippen LogP contribution in [0.2, 0.25) is 10.0 Å². The molecule has 0 spiro atoms. The van der Waals surface area contributed by atoms with E-state index in [0.717, 1.165) is 31.5 Å². The van der Waals surface area contributed by atoms with E-state index in [1.165, 1.54) is 0 Å². The summed E-state index contributed by atoms with van der Waals surface area (Å²) in [5.41, 5.74) is 0.965. The van der Waals surface area contributed by atoms with Gasteiger partial charge in [0.05, 0.1) is 5.92 Å².